The first-order valence-corrected chi connectivity index (χ1v) is 5.37. The largest absolute Gasteiger partial charge is 0.493 e. The van der Waals surface area contributed by atoms with Gasteiger partial charge in [-0.2, -0.15) is 0 Å². The van der Waals surface area contributed by atoms with Crippen LogP contribution in [0.2, 0.25) is 0 Å². The first kappa shape index (κ1) is 12.1. The van der Waals surface area contributed by atoms with Gasteiger partial charge in [-0.1, -0.05) is 0 Å². The minimum absolute atomic E-state index is 0.103. The Morgan fingerprint density at radius 2 is 1.40 bits per heavy atom. The fraction of sp³-hybridized carbons (Fsp3) is 0.538. The summed E-state index contributed by atoms with van der Waals surface area (Å²) in [5.74, 6) is 0.977. The number of hydrogen-bond donors (Lipinski definition) is 1. The SMILES string of the molecule is CCOc1c(C)c(C)c(CO)c(C)c1C. The number of benzene rings is 1. The van der Waals surface area contributed by atoms with Gasteiger partial charge >= 0.3 is 0 Å². The van der Waals surface area contributed by atoms with Crippen molar-refractivity contribution in [2.24, 2.45) is 0 Å². The standard InChI is InChI=1S/C13H20O2/c1-6-15-13-10(4)8(2)12(7-14)9(3)11(13)5/h14H,6-7H2,1-5H3. The minimum Gasteiger partial charge on any atom is -0.493 e. The van der Waals surface area contributed by atoms with Crippen molar-refractivity contribution < 1.29 is 9.84 Å². The molecule has 0 heterocycles. The summed E-state index contributed by atoms with van der Waals surface area (Å²) >= 11 is 0. The van der Waals surface area contributed by atoms with Gasteiger partial charge in [-0.3, -0.25) is 0 Å². The van der Waals surface area contributed by atoms with E-state index in [0.717, 1.165) is 33.6 Å². The molecule has 0 saturated carbocycles. The lowest BCUT2D eigenvalue weighted by molar-refractivity contribution is 0.279. The summed E-state index contributed by atoms with van der Waals surface area (Å²) in [5.41, 5.74) is 5.61. The Morgan fingerprint density at radius 3 is 1.73 bits per heavy atom. The van der Waals surface area contributed by atoms with Crippen LogP contribution in [0.15, 0.2) is 0 Å². The summed E-state index contributed by atoms with van der Waals surface area (Å²) in [4.78, 5) is 0. The maximum absolute atomic E-state index is 9.33. The van der Waals surface area contributed by atoms with Gasteiger partial charge in [-0.05, 0) is 62.4 Å². The second kappa shape index (κ2) is 4.67. The third kappa shape index (κ3) is 2.00. The molecule has 1 N–H and O–H groups in total. The Bertz CT molecular complexity index is 338. The van der Waals surface area contributed by atoms with Gasteiger partial charge < -0.3 is 9.84 Å². The molecule has 0 aliphatic heterocycles. The maximum Gasteiger partial charge on any atom is 0.125 e. The van der Waals surface area contributed by atoms with Crippen molar-refractivity contribution in [2.75, 3.05) is 6.61 Å². The van der Waals surface area contributed by atoms with Crippen LogP contribution in [0.1, 0.15) is 34.7 Å². The second-order valence-corrected chi connectivity index (χ2v) is 3.90. The molecule has 0 spiro atoms. The Labute approximate surface area is 91.9 Å². The van der Waals surface area contributed by atoms with Crippen LogP contribution in [0.3, 0.4) is 0 Å². The van der Waals surface area contributed by atoms with E-state index in [-0.39, 0.29) is 6.61 Å². The smallest absolute Gasteiger partial charge is 0.125 e. The number of rotatable bonds is 3. The first-order chi connectivity index (χ1) is 7.04. The van der Waals surface area contributed by atoms with Gasteiger partial charge in [0.15, 0.2) is 0 Å². The molecule has 0 fully saturated rings. The highest BCUT2D eigenvalue weighted by Gasteiger charge is 2.14. The van der Waals surface area contributed by atoms with Gasteiger partial charge in [0.05, 0.1) is 13.2 Å². The fourth-order valence-electron chi connectivity index (χ4n) is 1.95. The zero-order valence-corrected chi connectivity index (χ0v) is 10.3. The van der Waals surface area contributed by atoms with Crippen LogP contribution in [0.25, 0.3) is 0 Å². The molecule has 1 rings (SSSR count). The fourth-order valence-corrected chi connectivity index (χ4v) is 1.95. The predicted octanol–water partition coefficient (Wildman–Crippen LogP) is 2.81. The van der Waals surface area contributed by atoms with E-state index in [4.69, 9.17) is 4.74 Å². The molecule has 84 valence electrons. The van der Waals surface area contributed by atoms with E-state index in [1.165, 1.54) is 0 Å². The lowest BCUT2D eigenvalue weighted by atomic mass is 9.93. The topological polar surface area (TPSA) is 29.5 Å². The number of aliphatic hydroxyl groups is 1. The number of ether oxygens (including phenoxy) is 1. The van der Waals surface area contributed by atoms with E-state index in [0.29, 0.717) is 6.61 Å². The molecule has 0 unspecified atom stereocenters. The molecule has 0 amide bonds. The Kier molecular flexibility index (Phi) is 3.75. The van der Waals surface area contributed by atoms with Crippen molar-refractivity contribution in [1.29, 1.82) is 0 Å². The predicted molar refractivity (Wildman–Crippen MR) is 62.5 cm³/mol. The van der Waals surface area contributed by atoms with Crippen molar-refractivity contribution >= 4 is 0 Å². The zero-order chi connectivity index (χ0) is 11.6. The molecule has 0 saturated heterocycles. The van der Waals surface area contributed by atoms with E-state index < -0.39 is 0 Å². The van der Waals surface area contributed by atoms with Crippen molar-refractivity contribution in [1.82, 2.24) is 0 Å². The van der Waals surface area contributed by atoms with Crippen LogP contribution >= 0.6 is 0 Å². The molecule has 1 aromatic rings. The highest BCUT2D eigenvalue weighted by Crippen LogP contribution is 2.32. The van der Waals surface area contributed by atoms with E-state index in [1.807, 2.05) is 34.6 Å². The maximum atomic E-state index is 9.33. The minimum atomic E-state index is 0.103. The van der Waals surface area contributed by atoms with Gasteiger partial charge in [0, 0.05) is 0 Å². The molecule has 0 aliphatic rings. The first-order valence-electron chi connectivity index (χ1n) is 5.37. The molecular weight excluding hydrogens is 188 g/mol. The van der Waals surface area contributed by atoms with Crippen LogP contribution in [0, 0.1) is 27.7 Å². The van der Waals surface area contributed by atoms with Gasteiger partial charge in [0.25, 0.3) is 0 Å². The van der Waals surface area contributed by atoms with Gasteiger partial charge in [0.1, 0.15) is 5.75 Å². The average molecular weight is 208 g/mol. The quantitative estimate of drug-likeness (QED) is 0.827. The number of hydrogen-bond acceptors (Lipinski definition) is 2. The molecule has 2 nitrogen and oxygen atoms in total. The normalized spacial score (nSPS) is 10.5. The van der Waals surface area contributed by atoms with Crippen LogP contribution in [0.4, 0.5) is 0 Å². The van der Waals surface area contributed by atoms with Crippen molar-refractivity contribution in [3.63, 3.8) is 0 Å². The van der Waals surface area contributed by atoms with E-state index in [9.17, 15) is 5.11 Å². The lowest BCUT2D eigenvalue weighted by Gasteiger charge is -2.19. The Balaban J connectivity index is 3.44. The van der Waals surface area contributed by atoms with Crippen molar-refractivity contribution in [2.45, 2.75) is 41.2 Å². The van der Waals surface area contributed by atoms with Gasteiger partial charge in [0.2, 0.25) is 0 Å². The van der Waals surface area contributed by atoms with Crippen LogP contribution in [-0.4, -0.2) is 11.7 Å². The molecule has 1 aromatic carbocycles. The Hall–Kier alpha value is -1.02. The summed E-state index contributed by atoms with van der Waals surface area (Å²) in [6.45, 7) is 10.9. The lowest BCUT2D eigenvalue weighted by Crippen LogP contribution is -2.05. The molecular formula is C13H20O2. The summed E-state index contributed by atoms with van der Waals surface area (Å²) in [5, 5.41) is 9.33. The van der Waals surface area contributed by atoms with E-state index in [1.54, 1.807) is 0 Å². The van der Waals surface area contributed by atoms with E-state index in [2.05, 4.69) is 0 Å². The average Bonchev–Trinajstić information content (AvgIpc) is 2.23. The molecule has 15 heavy (non-hydrogen) atoms. The van der Waals surface area contributed by atoms with Gasteiger partial charge in [-0.15, -0.1) is 0 Å². The molecule has 0 atom stereocenters. The van der Waals surface area contributed by atoms with Crippen molar-refractivity contribution in [3.05, 3.63) is 27.8 Å². The summed E-state index contributed by atoms with van der Waals surface area (Å²) in [6.07, 6.45) is 0. The summed E-state index contributed by atoms with van der Waals surface area (Å²) < 4.78 is 5.65. The Morgan fingerprint density at radius 1 is 0.933 bits per heavy atom. The molecule has 0 bridgehead atoms. The second-order valence-electron chi connectivity index (χ2n) is 3.90. The molecule has 0 aliphatic carbocycles. The molecule has 0 radical (unpaired) electrons. The molecule has 2 heteroatoms. The van der Waals surface area contributed by atoms with Gasteiger partial charge in [-0.25, -0.2) is 0 Å². The van der Waals surface area contributed by atoms with E-state index >= 15 is 0 Å². The summed E-state index contributed by atoms with van der Waals surface area (Å²) in [6, 6.07) is 0. The third-order valence-corrected chi connectivity index (χ3v) is 3.16. The monoisotopic (exact) mass is 208 g/mol. The highest BCUT2D eigenvalue weighted by molar-refractivity contribution is 5.53. The summed E-state index contributed by atoms with van der Waals surface area (Å²) in [7, 11) is 0. The molecule has 0 aromatic heterocycles. The van der Waals surface area contributed by atoms with Crippen LogP contribution in [0.5, 0.6) is 5.75 Å². The van der Waals surface area contributed by atoms with Crippen molar-refractivity contribution in [3.8, 4) is 5.75 Å². The third-order valence-electron chi connectivity index (χ3n) is 3.16. The van der Waals surface area contributed by atoms with Crippen LogP contribution < -0.4 is 4.74 Å². The highest BCUT2D eigenvalue weighted by atomic mass is 16.5. The zero-order valence-electron chi connectivity index (χ0n) is 10.3. The van der Waals surface area contributed by atoms with Crippen LogP contribution in [-0.2, 0) is 6.61 Å². The number of aliphatic hydroxyl groups excluding tert-OH is 1.